The van der Waals surface area contributed by atoms with Crippen molar-refractivity contribution in [3.8, 4) is 11.5 Å². The van der Waals surface area contributed by atoms with Gasteiger partial charge in [-0.1, -0.05) is 129 Å². The Balaban J connectivity index is 1.30. The first-order valence-corrected chi connectivity index (χ1v) is 19.5. The number of alkyl carbamates (subject to hydrolysis) is 1. The van der Waals surface area contributed by atoms with Crippen LogP contribution in [0.4, 0.5) is 4.79 Å². The van der Waals surface area contributed by atoms with Crippen molar-refractivity contribution in [1.29, 1.82) is 0 Å². The molecule has 3 N–H and O–H groups in total. The van der Waals surface area contributed by atoms with Gasteiger partial charge >= 0.3 is 6.09 Å². The highest BCUT2D eigenvalue weighted by Crippen LogP contribution is 2.59. The molecule has 10 heteroatoms. The van der Waals surface area contributed by atoms with Crippen LogP contribution in [0.5, 0.6) is 11.5 Å². The van der Waals surface area contributed by atoms with Crippen molar-refractivity contribution in [2.45, 2.75) is 64.0 Å². The first-order chi connectivity index (χ1) is 25.6. The number of carbonyl (C=O) groups is 1. The molecule has 1 amide bonds. The summed E-state index contributed by atoms with van der Waals surface area (Å²) in [5.41, 5.74) is 1.48. The molecular weight excluding hydrogens is 689 g/mol. The summed E-state index contributed by atoms with van der Waals surface area (Å²) in [6, 6.07) is 43.4. The maximum Gasteiger partial charge on any atom is 0.410 e. The maximum atomic E-state index is 14.7. The number of carbonyl (C=O) groups excluding carboxylic acids is 1. The molecule has 53 heavy (non-hydrogen) atoms. The first kappa shape index (κ1) is 39.3. The summed E-state index contributed by atoms with van der Waals surface area (Å²) < 4.78 is 38.4. The molecule has 0 radical (unpaired) electrons. The van der Waals surface area contributed by atoms with Crippen LogP contribution in [0.3, 0.4) is 0 Å². The monoisotopic (exact) mass is 737 g/mol. The highest BCUT2D eigenvalue weighted by molar-refractivity contribution is 7.59. The zero-order valence-electron chi connectivity index (χ0n) is 30.2. The zero-order chi connectivity index (χ0) is 37.6. The van der Waals surface area contributed by atoms with Crippen molar-refractivity contribution in [2.24, 2.45) is 0 Å². The standard InChI is InChI=1S/C43H48NO8P/c1-42(2,38-17-10-5-11-18-38)33-53(47,48)43(27-12-28-45,52-32-37-21-25-40(26-22-37)50-30-35-15-8-4-9-16-35)44-41(46)51-31-36-19-23-39(24-20-36)49-29-34-13-6-3-7-14-34/h3-11,13-26,45H,12,27-33H2,1-2H3,(H,44,46)(H,47,48). The van der Waals surface area contributed by atoms with Crippen LogP contribution in [-0.4, -0.2) is 34.3 Å². The van der Waals surface area contributed by atoms with Crippen LogP contribution in [0.25, 0.3) is 0 Å². The number of hydrogen-bond acceptors (Lipinski definition) is 7. The summed E-state index contributed by atoms with van der Waals surface area (Å²) in [5, 5.41) is 12.5. The lowest BCUT2D eigenvalue weighted by atomic mass is 9.87. The second-order valence-electron chi connectivity index (χ2n) is 13.5. The van der Waals surface area contributed by atoms with E-state index in [-0.39, 0.29) is 38.8 Å². The summed E-state index contributed by atoms with van der Waals surface area (Å²) in [6.07, 6.45) is -1.19. The molecule has 5 aromatic rings. The van der Waals surface area contributed by atoms with E-state index in [0.717, 1.165) is 16.7 Å². The summed E-state index contributed by atoms with van der Waals surface area (Å²) in [6.45, 7) is 4.09. The average Bonchev–Trinajstić information content (AvgIpc) is 3.18. The van der Waals surface area contributed by atoms with E-state index in [1.807, 2.05) is 105 Å². The SMILES string of the molecule is CC(C)(CP(=O)(O)C(CCCO)(NC(=O)OCc1ccc(OCc2ccccc2)cc1)OCc1ccc(OCc2ccccc2)cc1)c1ccccc1. The highest BCUT2D eigenvalue weighted by atomic mass is 31.2. The van der Waals surface area contributed by atoms with Crippen LogP contribution in [0.1, 0.15) is 54.5 Å². The Morgan fingerprint density at radius 1 is 0.642 bits per heavy atom. The van der Waals surface area contributed by atoms with Gasteiger partial charge in [-0.3, -0.25) is 9.88 Å². The number of ether oxygens (including phenoxy) is 4. The second-order valence-corrected chi connectivity index (χ2v) is 16.0. The van der Waals surface area contributed by atoms with Gasteiger partial charge in [-0.2, -0.15) is 0 Å². The Bertz CT molecular complexity index is 1890. The van der Waals surface area contributed by atoms with Crippen LogP contribution in [-0.2, 0) is 45.9 Å². The van der Waals surface area contributed by atoms with Gasteiger partial charge in [0.1, 0.15) is 31.3 Å². The van der Waals surface area contributed by atoms with Gasteiger partial charge in [0.25, 0.3) is 7.37 Å². The Morgan fingerprint density at radius 2 is 1.09 bits per heavy atom. The Kier molecular flexibility index (Phi) is 13.9. The van der Waals surface area contributed by atoms with Gasteiger partial charge in [0, 0.05) is 19.2 Å². The number of amides is 1. The summed E-state index contributed by atoms with van der Waals surface area (Å²) in [4.78, 5) is 25.5. The third kappa shape index (κ3) is 11.5. The molecule has 278 valence electrons. The Morgan fingerprint density at radius 3 is 1.58 bits per heavy atom. The number of nitrogens with one attached hydrogen (secondary N) is 1. The lowest BCUT2D eigenvalue weighted by Crippen LogP contribution is -2.52. The normalized spacial score (nSPS) is 13.7. The summed E-state index contributed by atoms with van der Waals surface area (Å²) in [5.74, 6) is 1.32. The van der Waals surface area contributed by atoms with Gasteiger partial charge in [0.15, 0.2) is 0 Å². The van der Waals surface area contributed by atoms with Gasteiger partial charge in [-0.15, -0.1) is 0 Å². The molecule has 0 saturated heterocycles. The molecule has 0 bridgehead atoms. The molecule has 0 aromatic heterocycles. The fourth-order valence-corrected chi connectivity index (χ4v) is 8.44. The van der Waals surface area contributed by atoms with Gasteiger partial charge in [-0.05, 0) is 63.9 Å². The van der Waals surface area contributed by atoms with Crippen molar-refractivity contribution in [3.63, 3.8) is 0 Å². The highest BCUT2D eigenvalue weighted by Gasteiger charge is 2.52. The van der Waals surface area contributed by atoms with Crippen LogP contribution in [0.15, 0.2) is 140 Å². The maximum absolute atomic E-state index is 14.7. The third-order valence-corrected chi connectivity index (χ3v) is 11.7. The van der Waals surface area contributed by atoms with E-state index < -0.39 is 24.3 Å². The van der Waals surface area contributed by atoms with E-state index in [4.69, 9.17) is 18.9 Å². The molecule has 9 nitrogen and oxygen atoms in total. The van der Waals surface area contributed by atoms with E-state index in [2.05, 4.69) is 5.32 Å². The van der Waals surface area contributed by atoms with Crippen molar-refractivity contribution in [3.05, 3.63) is 167 Å². The molecule has 0 aliphatic carbocycles. The van der Waals surface area contributed by atoms with Gasteiger partial charge in [0.05, 0.1) is 6.61 Å². The van der Waals surface area contributed by atoms with E-state index in [9.17, 15) is 19.4 Å². The van der Waals surface area contributed by atoms with E-state index in [1.54, 1.807) is 48.5 Å². The molecule has 0 spiro atoms. The number of aliphatic hydroxyl groups is 1. The number of benzene rings is 5. The molecule has 0 aliphatic rings. The van der Waals surface area contributed by atoms with Crippen molar-refractivity contribution < 1.29 is 38.3 Å². The van der Waals surface area contributed by atoms with Gasteiger partial charge in [-0.25, -0.2) is 4.79 Å². The fourth-order valence-electron chi connectivity index (χ4n) is 5.89. The summed E-state index contributed by atoms with van der Waals surface area (Å²) in [7, 11) is -4.42. The molecule has 2 atom stereocenters. The smallest absolute Gasteiger partial charge is 0.410 e. The Hall–Kier alpha value is -4.92. The van der Waals surface area contributed by atoms with E-state index in [0.29, 0.717) is 35.8 Å². The van der Waals surface area contributed by atoms with Crippen LogP contribution in [0.2, 0.25) is 0 Å². The molecule has 5 rings (SSSR count). The van der Waals surface area contributed by atoms with Gasteiger partial charge < -0.3 is 28.9 Å². The number of aliphatic hydroxyl groups excluding tert-OH is 1. The average molecular weight is 738 g/mol. The lowest BCUT2D eigenvalue weighted by molar-refractivity contribution is -0.0355. The Labute approximate surface area is 312 Å². The molecular formula is C43H48NO8P. The van der Waals surface area contributed by atoms with Crippen LogP contribution < -0.4 is 14.8 Å². The molecule has 0 fully saturated rings. The summed E-state index contributed by atoms with van der Waals surface area (Å²) >= 11 is 0. The number of rotatable bonds is 19. The molecule has 2 unspecified atom stereocenters. The first-order valence-electron chi connectivity index (χ1n) is 17.7. The van der Waals surface area contributed by atoms with Gasteiger partial charge in [0.2, 0.25) is 5.47 Å². The number of hydrogen-bond donors (Lipinski definition) is 3. The third-order valence-electron chi connectivity index (χ3n) is 8.89. The van der Waals surface area contributed by atoms with Crippen molar-refractivity contribution in [1.82, 2.24) is 5.32 Å². The topological polar surface area (TPSA) is 124 Å². The predicted molar refractivity (Wildman–Crippen MR) is 206 cm³/mol. The van der Waals surface area contributed by atoms with E-state index >= 15 is 0 Å². The molecule has 5 aromatic carbocycles. The minimum Gasteiger partial charge on any atom is -0.489 e. The predicted octanol–water partition coefficient (Wildman–Crippen LogP) is 8.96. The quantitative estimate of drug-likeness (QED) is 0.0567. The van der Waals surface area contributed by atoms with E-state index in [1.165, 1.54) is 0 Å². The minimum absolute atomic E-state index is 0.0906. The second kappa shape index (κ2) is 18.7. The molecule has 0 heterocycles. The van der Waals surface area contributed by atoms with Crippen LogP contribution >= 0.6 is 7.37 Å². The van der Waals surface area contributed by atoms with Crippen molar-refractivity contribution in [2.75, 3.05) is 12.8 Å². The minimum atomic E-state index is -4.42. The molecule has 0 saturated carbocycles. The van der Waals surface area contributed by atoms with Crippen LogP contribution in [0, 0.1) is 0 Å². The largest absolute Gasteiger partial charge is 0.489 e. The van der Waals surface area contributed by atoms with Crippen molar-refractivity contribution >= 4 is 13.5 Å². The zero-order valence-corrected chi connectivity index (χ0v) is 31.1. The fraction of sp³-hybridized carbons (Fsp3) is 0.279. The lowest BCUT2D eigenvalue weighted by Gasteiger charge is -2.40. The molecule has 0 aliphatic heterocycles.